The minimum Gasteiger partial charge on any atom is -0.357 e. The Morgan fingerprint density at radius 2 is 2.00 bits per heavy atom. The Morgan fingerprint density at radius 3 is 2.67 bits per heavy atom. The second-order valence-electron chi connectivity index (χ2n) is 3.04. The number of hydrogen-bond acceptors (Lipinski definition) is 0. The van der Waals surface area contributed by atoms with Crippen molar-refractivity contribution in [2.24, 2.45) is 0 Å². The number of aromatic nitrogens is 1. The average molecular weight is 224 g/mol. The van der Waals surface area contributed by atoms with Gasteiger partial charge in [0.25, 0.3) is 0 Å². The van der Waals surface area contributed by atoms with E-state index in [2.05, 4.69) is 53.0 Å². The largest absolute Gasteiger partial charge is 0.357 e. The van der Waals surface area contributed by atoms with Crippen molar-refractivity contribution in [1.82, 2.24) is 4.98 Å². The number of hydrogen-bond donors (Lipinski definition) is 1. The molecule has 1 nitrogen and oxygen atoms in total. The smallest absolute Gasteiger partial charge is 0.0603 e. The lowest BCUT2D eigenvalue weighted by Gasteiger charge is -1.92. The first-order chi connectivity index (χ1) is 5.70. The molecule has 0 aliphatic carbocycles. The van der Waals surface area contributed by atoms with Crippen LogP contribution in [0.3, 0.4) is 0 Å². The van der Waals surface area contributed by atoms with Gasteiger partial charge in [-0.05, 0) is 41.4 Å². The van der Waals surface area contributed by atoms with E-state index in [4.69, 9.17) is 0 Å². The van der Waals surface area contributed by atoms with Crippen molar-refractivity contribution in [3.63, 3.8) is 0 Å². The summed E-state index contributed by atoms with van der Waals surface area (Å²) in [6, 6.07) is 6.25. The normalized spacial score (nSPS) is 10.9. The summed E-state index contributed by atoms with van der Waals surface area (Å²) in [5.41, 5.74) is 3.79. The van der Waals surface area contributed by atoms with E-state index in [-0.39, 0.29) is 0 Å². The van der Waals surface area contributed by atoms with Crippen molar-refractivity contribution in [1.29, 1.82) is 0 Å². The highest BCUT2D eigenvalue weighted by molar-refractivity contribution is 9.10. The Balaban J connectivity index is 2.95. The second-order valence-corrected chi connectivity index (χ2v) is 3.89. The van der Waals surface area contributed by atoms with Crippen LogP contribution in [0.4, 0.5) is 0 Å². The Hall–Kier alpha value is -0.760. The molecule has 0 fully saturated rings. The van der Waals surface area contributed by atoms with E-state index in [9.17, 15) is 0 Å². The maximum Gasteiger partial charge on any atom is 0.0603 e. The molecule has 1 aromatic heterocycles. The molecule has 1 aromatic carbocycles. The maximum absolute atomic E-state index is 3.51. The molecule has 1 N–H and O–H groups in total. The lowest BCUT2D eigenvalue weighted by atomic mass is 10.2. The molecule has 0 amide bonds. The molecule has 2 aromatic rings. The SMILES string of the molecule is Cc1[nH]c2c(Br)cccc2c1C. The summed E-state index contributed by atoms with van der Waals surface area (Å²) in [5, 5.41) is 1.31. The van der Waals surface area contributed by atoms with E-state index in [1.165, 1.54) is 22.2 Å². The topological polar surface area (TPSA) is 15.8 Å². The third kappa shape index (κ3) is 0.985. The average Bonchev–Trinajstić information content (AvgIpc) is 2.32. The molecule has 0 aliphatic heterocycles. The van der Waals surface area contributed by atoms with Crippen LogP contribution < -0.4 is 0 Å². The first-order valence-electron chi connectivity index (χ1n) is 3.93. The molecule has 0 spiro atoms. The van der Waals surface area contributed by atoms with Crippen LogP contribution in [0.5, 0.6) is 0 Å². The number of rotatable bonds is 0. The molecule has 0 bridgehead atoms. The third-order valence-electron chi connectivity index (χ3n) is 2.29. The number of halogens is 1. The Kier molecular flexibility index (Phi) is 1.72. The van der Waals surface area contributed by atoms with Gasteiger partial charge < -0.3 is 4.98 Å². The van der Waals surface area contributed by atoms with Gasteiger partial charge in [-0.15, -0.1) is 0 Å². The van der Waals surface area contributed by atoms with Crippen molar-refractivity contribution in [2.75, 3.05) is 0 Å². The van der Waals surface area contributed by atoms with Gasteiger partial charge in [0.15, 0.2) is 0 Å². The number of fused-ring (bicyclic) bond motifs is 1. The predicted octanol–water partition coefficient (Wildman–Crippen LogP) is 3.55. The van der Waals surface area contributed by atoms with Crippen molar-refractivity contribution < 1.29 is 0 Å². The summed E-state index contributed by atoms with van der Waals surface area (Å²) < 4.78 is 1.14. The number of H-pyrrole nitrogens is 1. The summed E-state index contributed by atoms with van der Waals surface area (Å²) in [7, 11) is 0. The van der Waals surface area contributed by atoms with Crippen molar-refractivity contribution >= 4 is 26.8 Å². The van der Waals surface area contributed by atoms with E-state index < -0.39 is 0 Å². The van der Waals surface area contributed by atoms with E-state index in [0.717, 1.165) is 4.47 Å². The van der Waals surface area contributed by atoms with Crippen LogP contribution in [0.2, 0.25) is 0 Å². The monoisotopic (exact) mass is 223 g/mol. The molecule has 0 saturated carbocycles. The van der Waals surface area contributed by atoms with Crippen LogP contribution in [0.25, 0.3) is 10.9 Å². The minimum absolute atomic E-state index is 1.14. The predicted molar refractivity (Wildman–Crippen MR) is 55.5 cm³/mol. The molecule has 0 unspecified atom stereocenters. The molecular formula is C10H10BrN. The summed E-state index contributed by atoms with van der Waals surface area (Å²) in [6.45, 7) is 4.24. The van der Waals surface area contributed by atoms with Gasteiger partial charge in [-0.3, -0.25) is 0 Å². The van der Waals surface area contributed by atoms with Gasteiger partial charge in [0.1, 0.15) is 0 Å². The molecule has 62 valence electrons. The van der Waals surface area contributed by atoms with Gasteiger partial charge >= 0.3 is 0 Å². The van der Waals surface area contributed by atoms with Crippen molar-refractivity contribution in [3.05, 3.63) is 33.9 Å². The van der Waals surface area contributed by atoms with Gasteiger partial charge in [0, 0.05) is 15.6 Å². The van der Waals surface area contributed by atoms with Crippen LogP contribution >= 0.6 is 15.9 Å². The fourth-order valence-electron chi connectivity index (χ4n) is 1.45. The Bertz CT molecular complexity index is 429. The van der Waals surface area contributed by atoms with E-state index >= 15 is 0 Å². The highest BCUT2D eigenvalue weighted by Gasteiger charge is 2.04. The van der Waals surface area contributed by atoms with Crippen LogP contribution in [0, 0.1) is 13.8 Å². The summed E-state index contributed by atoms with van der Waals surface area (Å²) >= 11 is 3.51. The highest BCUT2D eigenvalue weighted by Crippen LogP contribution is 2.27. The van der Waals surface area contributed by atoms with Crippen molar-refractivity contribution in [2.45, 2.75) is 13.8 Å². The zero-order valence-corrected chi connectivity index (χ0v) is 8.70. The molecule has 2 heteroatoms. The van der Waals surface area contributed by atoms with E-state index in [0.29, 0.717) is 0 Å². The van der Waals surface area contributed by atoms with Crippen LogP contribution in [0.1, 0.15) is 11.3 Å². The number of para-hydroxylation sites is 1. The second kappa shape index (κ2) is 2.63. The fraction of sp³-hybridized carbons (Fsp3) is 0.200. The van der Waals surface area contributed by atoms with Crippen LogP contribution in [-0.2, 0) is 0 Å². The van der Waals surface area contributed by atoms with Crippen molar-refractivity contribution in [3.8, 4) is 0 Å². The number of aromatic amines is 1. The molecular weight excluding hydrogens is 214 g/mol. The fourth-order valence-corrected chi connectivity index (χ4v) is 1.91. The standard InChI is InChI=1S/C10H10BrN/c1-6-7(2)12-10-8(6)4-3-5-9(10)11/h3-5,12H,1-2H3. The maximum atomic E-state index is 3.51. The number of aryl methyl sites for hydroxylation is 2. The molecule has 0 radical (unpaired) electrons. The van der Waals surface area contributed by atoms with Gasteiger partial charge in [-0.2, -0.15) is 0 Å². The van der Waals surface area contributed by atoms with Crippen LogP contribution in [0.15, 0.2) is 22.7 Å². The molecule has 0 atom stereocenters. The van der Waals surface area contributed by atoms with Gasteiger partial charge in [0.05, 0.1) is 5.52 Å². The first kappa shape index (κ1) is 7.87. The highest BCUT2D eigenvalue weighted by atomic mass is 79.9. The Morgan fingerprint density at radius 1 is 1.25 bits per heavy atom. The first-order valence-corrected chi connectivity index (χ1v) is 4.73. The van der Waals surface area contributed by atoms with Gasteiger partial charge in [-0.25, -0.2) is 0 Å². The summed E-state index contributed by atoms with van der Waals surface area (Å²) in [4.78, 5) is 3.35. The lowest BCUT2D eigenvalue weighted by molar-refractivity contribution is 1.25. The molecule has 0 saturated heterocycles. The number of benzene rings is 1. The van der Waals surface area contributed by atoms with E-state index in [1.54, 1.807) is 0 Å². The summed E-state index contributed by atoms with van der Waals surface area (Å²) in [6.07, 6.45) is 0. The van der Waals surface area contributed by atoms with Gasteiger partial charge in [-0.1, -0.05) is 12.1 Å². The quantitative estimate of drug-likeness (QED) is 0.704. The molecule has 0 aliphatic rings. The molecule has 12 heavy (non-hydrogen) atoms. The zero-order chi connectivity index (χ0) is 8.72. The lowest BCUT2D eigenvalue weighted by Crippen LogP contribution is -1.70. The zero-order valence-electron chi connectivity index (χ0n) is 7.11. The van der Waals surface area contributed by atoms with Gasteiger partial charge in [0.2, 0.25) is 0 Å². The third-order valence-corrected chi connectivity index (χ3v) is 2.95. The Labute approximate surface area is 79.9 Å². The van der Waals surface area contributed by atoms with E-state index in [1.807, 2.05) is 0 Å². The molecule has 1 heterocycles. The molecule has 2 rings (SSSR count). The number of nitrogens with one attached hydrogen (secondary N) is 1. The minimum atomic E-state index is 1.14. The summed E-state index contributed by atoms with van der Waals surface area (Å²) in [5.74, 6) is 0. The van der Waals surface area contributed by atoms with Crippen LogP contribution in [-0.4, -0.2) is 4.98 Å².